The van der Waals surface area contributed by atoms with Crippen molar-refractivity contribution in [1.82, 2.24) is 0 Å². The van der Waals surface area contributed by atoms with Crippen LogP contribution >= 0.6 is 0 Å². The zero-order chi connectivity index (χ0) is 40.9. The monoisotopic (exact) mass is 657 g/mol. The molecule has 0 amide bonds. The highest BCUT2D eigenvalue weighted by molar-refractivity contribution is 5.90. The third-order valence-corrected chi connectivity index (χ3v) is 9.20. The van der Waals surface area contributed by atoms with Crippen molar-refractivity contribution < 1.29 is 11.0 Å². The second-order valence-electron chi connectivity index (χ2n) is 12.4. The van der Waals surface area contributed by atoms with Gasteiger partial charge < -0.3 is 4.90 Å². The molecule has 0 N–H and O–H groups in total. The van der Waals surface area contributed by atoms with Crippen molar-refractivity contribution in [3.63, 3.8) is 0 Å². The first kappa shape index (κ1) is 22.8. The lowest BCUT2D eigenvalue weighted by Crippen LogP contribution is -2.10. The standard InChI is InChI=1S/C50H35N/c1-2-9-36(10-3-1)39-17-19-40(20-18-39)41-25-29-48(30-26-41)51(49-31-27-42(28-32-49)46-23-21-37-11-4-6-13-43(37)33-46)50-16-8-15-45(35-50)47-24-22-38-12-5-7-14-44(38)34-47/h1-35H/i8D,15D,16D,25D,26D,29D,30D,35D. The van der Waals surface area contributed by atoms with Gasteiger partial charge in [-0.2, -0.15) is 0 Å². The molecule has 1 nitrogen and oxygen atoms in total. The highest BCUT2D eigenvalue weighted by Crippen LogP contribution is 2.39. The second kappa shape index (κ2) is 13.3. The van der Waals surface area contributed by atoms with Gasteiger partial charge in [-0.15, -0.1) is 0 Å². The van der Waals surface area contributed by atoms with Crippen LogP contribution in [0.4, 0.5) is 17.1 Å². The van der Waals surface area contributed by atoms with Crippen LogP contribution in [0.1, 0.15) is 11.0 Å². The Labute approximate surface area is 310 Å². The molecule has 240 valence electrons. The van der Waals surface area contributed by atoms with Crippen LogP contribution in [0.2, 0.25) is 0 Å². The van der Waals surface area contributed by atoms with Crippen LogP contribution in [0.5, 0.6) is 0 Å². The van der Waals surface area contributed by atoms with E-state index in [2.05, 4.69) is 18.2 Å². The van der Waals surface area contributed by atoms with Crippen LogP contribution in [-0.2, 0) is 0 Å². The van der Waals surface area contributed by atoms with Crippen LogP contribution in [0.3, 0.4) is 0 Å². The van der Waals surface area contributed by atoms with Crippen molar-refractivity contribution in [2.24, 2.45) is 0 Å². The van der Waals surface area contributed by atoms with E-state index in [0.29, 0.717) is 16.8 Å². The highest BCUT2D eigenvalue weighted by atomic mass is 15.1. The first-order valence-corrected chi connectivity index (χ1v) is 16.9. The summed E-state index contributed by atoms with van der Waals surface area (Å²) in [5, 5.41) is 4.02. The maximum absolute atomic E-state index is 9.69. The fourth-order valence-electron chi connectivity index (χ4n) is 6.50. The molecule has 0 bridgehead atoms. The molecule has 0 aromatic heterocycles. The third-order valence-electron chi connectivity index (χ3n) is 9.20. The Kier molecular flexibility index (Phi) is 5.96. The first-order chi connectivity index (χ1) is 28.6. The minimum Gasteiger partial charge on any atom is -0.310 e. The molecule has 1 heteroatoms. The summed E-state index contributed by atoms with van der Waals surface area (Å²) in [5.41, 5.74) is 5.09. The topological polar surface area (TPSA) is 3.24 Å². The average Bonchev–Trinajstić information content (AvgIpc) is 3.27. The average molecular weight is 658 g/mol. The Balaban J connectivity index is 1.25. The third kappa shape index (κ3) is 6.18. The number of hydrogen-bond acceptors (Lipinski definition) is 1. The predicted molar refractivity (Wildman–Crippen MR) is 218 cm³/mol. The van der Waals surface area contributed by atoms with Gasteiger partial charge in [-0.25, -0.2) is 0 Å². The summed E-state index contributed by atoms with van der Waals surface area (Å²) in [6.07, 6.45) is 0. The maximum Gasteiger partial charge on any atom is 0.0651 e. The first-order valence-electron chi connectivity index (χ1n) is 20.9. The molecule has 0 aliphatic carbocycles. The summed E-state index contributed by atoms with van der Waals surface area (Å²) in [7, 11) is 0. The van der Waals surface area contributed by atoms with E-state index in [4.69, 9.17) is 2.74 Å². The van der Waals surface area contributed by atoms with Gasteiger partial charge in [0.25, 0.3) is 0 Å². The van der Waals surface area contributed by atoms with Crippen LogP contribution in [0.15, 0.2) is 212 Å². The quantitative estimate of drug-likeness (QED) is 0.165. The summed E-state index contributed by atoms with van der Waals surface area (Å²) in [5.74, 6) is 0. The molecule has 0 atom stereocenters. The summed E-state index contributed by atoms with van der Waals surface area (Å²) in [6, 6.07) is 49.2. The van der Waals surface area contributed by atoms with E-state index < -0.39 is 12.1 Å². The zero-order valence-electron chi connectivity index (χ0n) is 35.5. The van der Waals surface area contributed by atoms with E-state index in [-0.39, 0.29) is 58.8 Å². The lowest BCUT2D eigenvalue weighted by atomic mass is 9.99. The maximum atomic E-state index is 9.69. The molecule has 0 aliphatic heterocycles. The molecule has 0 saturated carbocycles. The van der Waals surface area contributed by atoms with Gasteiger partial charge in [0.2, 0.25) is 0 Å². The van der Waals surface area contributed by atoms with Crippen LogP contribution in [0.25, 0.3) is 66.1 Å². The number of benzene rings is 9. The van der Waals surface area contributed by atoms with Crippen molar-refractivity contribution >= 4 is 38.6 Å². The molecule has 9 aromatic carbocycles. The van der Waals surface area contributed by atoms with Crippen molar-refractivity contribution in [1.29, 1.82) is 0 Å². The van der Waals surface area contributed by atoms with E-state index in [9.17, 15) is 8.22 Å². The summed E-state index contributed by atoms with van der Waals surface area (Å²) in [6.45, 7) is 0. The predicted octanol–water partition coefficient (Wildman–Crippen LogP) is 14.1. The summed E-state index contributed by atoms with van der Waals surface area (Å²) >= 11 is 0. The number of hydrogen-bond donors (Lipinski definition) is 0. The molecule has 0 fully saturated rings. The van der Waals surface area contributed by atoms with Crippen LogP contribution < -0.4 is 4.90 Å². The second-order valence-corrected chi connectivity index (χ2v) is 12.4. The minimum atomic E-state index is -0.444. The van der Waals surface area contributed by atoms with Gasteiger partial charge in [-0.05, 0) is 114 Å². The Morgan fingerprint density at radius 1 is 0.294 bits per heavy atom. The van der Waals surface area contributed by atoms with Gasteiger partial charge in [0.15, 0.2) is 0 Å². The molecule has 9 rings (SSSR count). The molecular formula is C50H35N. The number of fused-ring (bicyclic) bond motifs is 2. The van der Waals surface area contributed by atoms with Crippen molar-refractivity contribution in [2.75, 3.05) is 4.90 Å². The molecule has 0 aliphatic rings. The van der Waals surface area contributed by atoms with Gasteiger partial charge in [-0.1, -0.05) is 164 Å². The molecule has 0 heterocycles. The Bertz CT molecular complexity index is 3040. The van der Waals surface area contributed by atoms with Gasteiger partial charge in [0.1, 0.15) is 0 Å². The van der Waals surface area contributed by atoms with Crippen molar-refractivity contribution in [3.8, 4) is 44.5 Å². The number of anilines is 3. The van der Waals surface area contributed by atoms with E-state index in [0.717, 1.165) is 43.8 Å². The van der Waals surface area contributed by atoms with Crippen molar-refractivity contribution in [3.05, 3.63) is 212 Å². The molecule has 0 saturated heterocycles. The minimum absolute atomic E-state index is 0.117. The molecule has 0 spiro atoms. The van der Waals surface area contributed by atoms with Crippen LogP contribution in [0, 0.1) is 0 Å². The Morgan fingerprint density at radius 3 is 1.39 bits per heavy atom. The normalized spacial score (nSPS) is 13.3. The number of rotatable bonds is 7. The van der Waals surface area contributed by atoms with Crippen molar-refractivity contribution in [2.45, 2.75) is 0 Å². The van der Waals surface area contributed by atoms with Gasteiger partial charge in [0, 0.05) is 17.1 Å². The fraction of sp³-hybridized carbons (Fsp3) is 0. The summed E-state index contributed by atoms with van der Waals surface area (Å²) < 4.78 is 74.6. The lowest BCUT2D eigenvalue weighted by Gasteiger charge is -2.26. The highest BCUT2D eigenvalue weighted by Gasteiger charge is 2.15. The Hall–Kier alpha value is -6.70. The fourth-order valence-corrected chi connectivity index (χ4v) is 6.50. The SMILES string of the molecule is [2H]c1c([2H])c(-c2ccc3ccccc3c2)c([2H])c(N(c2ccc(-c3ccc4ccccc4c3)cc2)c2c([2H])c([2H])c(-c3ccc(-c4ccccc4)cc3)c([2H])c2[2H])c1[2H]. The van der Waals surface area contributed by atoms with E-state index in [1.54, 1.807) is 30.3 Å². The smallest absolute Gasteiger partial charge is 0.0651 e. The van der Waals surface area contributed by atoms with Gasteiger partial charge in [-0.3, -0.25) is 0 Å². The molecule has 9 aromatic rings. The molecular weight excluding hydrogens is 615 g/mol. The lowest BCUT2D eigenvalue weighted by molar-refractivity contribution is 1.28. The molecule has 0 radical (unpaired) electrons. The number of nitrogens with zero attached hydrogens (tertiary/aromatic N) is 1. The van der Waals surface area contributed by atoms with E-state index in [1.807, 2.05) is 115 Å². The van der Waals surface area contributed by atoms with E-state index >= 15 is 0 Å². The zero-order valence-corrected chi connectivity index (χ0v) is 27.5. The molecule has 51 heavy (non-hydrogen) atoms. The van der Waals surface area contributed by atoms with Gasteiger partial charge >= 0.3 is 0 Å². The van der Waals surface area contributed by atoms with E-state index in [1.165, 1.54) is 4.90 Å². The van der Waals surface area contributed by atoms with Crippen LogP contribution in [-0.4, -0.2) is 0 Å². The molecule has 0 unspecified atom stereocenters. The Morgan fingerprint density at radius 2 is 0.765 bits per heavy atom. The summed E-state index contributed by atoms with van der Waals surface area (Å²) in [4.78, 5) is 1.39. The van der Waals surface area contributed by atoms with Gasteiger partial charge in [0.05, 0.1) is 11.0 Å². The largest absolute Gasteiger partial charge is 0.310 e.